The standard InChI is InChI=1S/C11H20N2/c1-7-8(2)13(11(7)12-4)9(3)10-5-6-10/h7-11H,4-6H2,1-3H3/t7?,8?,9-,11?/m0/s1. The lowest BCUT2D eigenvalue weighted by molar-refractivity contribution is -0.0669. The Balaban J connectivity index is 2.00. The fraction of sp³-hybridized carbons (Fsp3) is 0.909. The van der Waals surface area contributed by atoms with Crippen LogP contribution in [0.2, 0.25) is 0 Å². The van der Waals surface area contributed by atoms with Crippen LogP contribution in [0.25, 0.3) is 0 Å². The van der Waals surface area contributed by atoms with Gasteiger partial charge >= 0.3 is 0 Å². The van der Waals surface area contributed by atoms with E-state index in [0.717, 1.165) is 12.0 Å². The summed E-state index contributed by atoms with van der Waals surface area (Å²) in [6, 6.07) is 1.42. The minimum Gasteiger partial charge on any atom is -0.282 e. The monoisotopic (exact) mass is 180 g/mol. The van der Waals surface area contributed by atoms with Gasteiger partial charge in [0.05, 0.1) is 0 Å². The highest BCUT2D eigenvalue weighted by Gasteiger charge is 2.48. The van der Waals surface area contributed by atoms with Crippen LogP contribution in [0.4, 0.5) is 0 Å². The molecule has 4 atom stereocenters. The van der Waals surface area contributed by atoms with Crippen molar-refractivity contribution in [1.29, 1.82) is 0 Å². The molecule has 1 aliphatic carbocycles. The quantitative estimate of drug-likeness (QED) is 0.608. The highest BCUT2D eigenvalue weighted by Crippen LogP contribution is 2.43. The van der Waals surface area contributed by atoms with Crippen molar-refractivity contribution in [3.05, 3.63) is 0 Å². The van der Waals surface area contributed by atoms with Crippen molar-refractivity contribution >= 4 is 6.72 Å². The van der Waals surface area contributed by atoms with E-state index in [2.05, 4.69) is 37.4 Å². The molecule has 2 aliphatic rings. The van der Waals surface area contributed by atoms with Crippen LogP contribution >= 0.6 is 0 Å². The van der Waals surface area contributed by atoms with Crippen molar-refractivity contribution in [3.63, 3.8) is 0 Å². The van der Waals surface area contributed by atoms with Gasteiger partial charge in [0.25, 0.3) is 0 Å². The summed E-state index contributed by atoms with van der Waals surface area (Å²) in [7, 11) is 0. The summed E-state index contributed by atoms with van der Waals surface area (Å²) >= 11 is 0. The normalized spacial score (nSPS) is 42.5. The molecular weight excluding hydrogens is 160 g/mol. The van der Waals surface area contributed by atoms with Gasteiger partial charge in [0, 0.05) is 18.0 Å². The Morgan fingerprint density at radius 1 is 1.38 bits per heavy atom. The Morgan fingerprint density at radius 3 is 2.46 bits per heavy atom. The molecule has 0 N–H and O–H groups in total. The highest BCUT2D eigenvalue weighted by atomic mass is 15.4. The van der Waals surface area contributed by atoms with Crippen molar-refractivity contribution in [2.75, 3.05) is 0 Å². The van der Waals surface area contributed by atoms with Crippen LogP contribution in [-0.2, 0) is 0 Å². The molecule has 2 fully saturated rings. The molecule has 0 amide bonds. The van der Waals surface area contributed by atoms with Crippen LogP contribution < -0.4 is 0 Å². The number of aliphatic imine (C=N–C) groups is 1. The van der Waals surface area contributed by atoms with Crippen LogP contribution in [0.1, 0.15) is 33.6 Å². The van der Waals surface area contributed by atoms with E-state index in [-0.39, 0.29) is 0 Å². The number of hydrogen-bond donors (Lipinski definition) is 0. The maximum absolute atomic E-state index is 4.21. The molecule has 1 saturated heterocycles. The molecule has 13 heavy (non-hydrogen) atoms. The molecule has 1 aliphatic heterocycles. The van der Waals surface area contributed by atoms with Crippen molar-refractivity contribution < 1.29 is 0 Å². The van der Waals surface area contributed by atoms with E-state index in [4.69, 9.17) is 0 Å². The average Bonchev–Trinajstić information content (AvgIpc) is 2.94. The van der Waals surface area contributed by atoms with Crippen LogP contribution in [-0.4, -0.2) is 29.9 Å². The molecule has 1 heterocycles. The predicted molar refractivity (Wildman–Crippen MR) is 56.0 cm³/mol. The molecule has 1 saturated carbocycles. The first kappa shape index (κ1) is 9.20. The van der Waals surface area contributed by atoms with Crippen LogP contribution in [0, 0.1) is 11.8 Å². The molecule has 2 heteroatoms. The molecule has 74 valence electrons. The van der Waals surface area contributed by atoms with Gasteiger partial charge in [-0.2, -0.15) is 0 Å². The fourth-order valence-electron chi connectivity index (χ4n) is 2.63. The maximum atomic E-state index is 4.21. The largest absolute Gasteiger partial charge is 0.282 e. The summed E-state index contributed by atoms with van der Waals surface area (Å²) in [5.74, 6) is 1.64. The Morgan fingerprint density at radius 2 is 2.00 bits per heavy atom. The Bertz CT molecular complexity index is 210. The first-order valence-corrected chi connectivity index (χ1v) is 5.40. The van der Waals surface area contributed by atoms with Crippen LogP contribution in [0.3, 0.4) is 0 Å². The van der Waals surface area contributed by atoms with Crippen LogP contribution in [0.15, 0.2) is 4.99 Å². The van der Waals surface area contributed by atoms with Crippen molar-refractivity contribution in [1.82, 2.24) is 4.90 Å². The Labute approximate surface area is 81.0 Å². The average molecular weight is 180 g/mol. The molecule has 0 aromatic carbocycles. The first-order chi connectivity index (χ1) is 6.16. The van der Waals surface area contributed by atoms with E-state index >= 15 is 0 Å². The minimum atomic E-state index is 0.394. The molecule has 0 spiro atoms. The van der Waals surface area contributed by atoms with E-state index in [1.165, 1.54) is 12.8 Å². The van der Waals surface area contributed by atoms with Gasteiger partial charge in [-0.15, -0.1) is 0 Å². The molecule has 2 rings (SSSR count). The summed E-state index contributed by atoms with van der Waals surface area (Å²) < 4.78 is 0. The topological polar surface area (TPSA) is 15.6 Å². The van der Waals surface area contributed by atoms with Gasteiger partial charge in [0.15, 0.2) is 0 Å². The lowest BCUT2D eigenvalue weighted by Gasteiger charge is -2.53. The third-order valence-electron chi connectivity index (χ3n) is 3.97. The molecular formula is C11H20N2. The second-order valence-corrected chi connectivity index (χ2v) is 4.72. The van der Waals surface area contributed by atoms with E-state index in [9.17, 15) is 0 Å². The van der Waals surface area contributed by atoms with Crippen molar-refractivity contribution in [3.8, 4) is 0 Å². The highest BCUT2D eigenvalue weighted by molar-refractivity contribution is 5.25. The van der Waals surface area contributed by atoms with Gasteiger partial charge in [-0.1, -0.05) is 6.92 Å². The Kier molecular flexibility index (Phi) is 2.18. The summed E-state index contributed by atoms with van der Waals surface area (Å²) in [5.41, 5.74) is 0. The summed E-state index contributed by atoms with van der Waals surface area (Å²) in [4.78, 5) is 6.75. The van der Waals surface area contributed by atoms with Crippen molar-refractivity contribution in [2.45, 2.75) is 51.9 Å². The molecule has 3 unspecified atom stereocenters. The van der Waals surface area contributed by atoms with Gasteiger partial charge in [-0.25, -0.2) is 0 Å². The molecule has 0 radical (unpaired) electrons. The molecule has 0 aromatic heterocycles. The summed E-state index contributed by atoms with van der Waals surface area (Å²) in [6.45, 7) is 10.6. The molecule has 2 nitrogen and oxygen atoms in total. The van der Waals surface area contributed by atoms with Gasteiger partial charge in [0.2, 0.25) is 0 Å². The third-order valence-corrected chi connectivity index (χ3v) is 3.97. The number of rotatable bonds is 3. The zero-order valence-electron chi connectivity index (χ0n) is 8.90. The molecule has 0 aromatic rings. The summed E-state index contributed by atoms with van der Waals surface area (Å²) in [6.07, 6.45) is 3.23. The van der Waals surface area contributed by atoms with E-state index in [1.54, 1.807) is 0 Å². The third kappa shape index (κ3) is 1.32. The lowest BCUT2D eigenvalue weighted by Crippen LogP contribution is -2.64. The number of hydrogen-bond acceptors (Lipinski definition) is 2. The SMILES string of the molecule is C=NC1C(C)C(C)N1[C@@H](C)C1CC1. The number of likely N-dealkylation sites (tertiary alicyclic amines) is 1. The lowest BCUT2D eigenvalue weighted by atomic mass is 9.85. The zero-order chi connectivity index (χ0) is 9.59. The smallest absolute Gasteiger partial charge is 0.106 e. The zero-order valence-corrected chi connectivity index (χ0v) is 8.90. The van der Waals surface area contributed by atoms with Crippen LogP contribution in [0.5, 0.6) is 0 Å². The molecule has 0 bridgehead atoms. The minimum absolute atomic E-state index is 0.394. The summed E-state index contributed by atoms with van der Waals surface area (Å²) in [5, 5.41) is 0. The van der Waals surface area contributed by atoms with E-state index in [0.29, 0.717) is 18.1 Å². The van der Waals surface area contributed by atoms with E-state index < -0.39 is 0 Å². The van der Waals surface area contributed by atoms with Gasteiger partial charge in [0.1, 0.15) is 6.17 Å². The van der Waals surface area contributed by atoms with Crippen molar-refractivity contribution in [2.24, 2.45) is 16.8 Å². The second-order valence-electron chi connectivity index (χ2n) is 4.72. The predicted octanol–water partition coefficient (Wildman–Crippen LogP) is 2.15. The number of nitrogens with zero attached hydrogens (tertiary/aromatic N) is 2. The second kappa shape index (κ2) is 3.09. The Hall–Kier alpha value is -0.370. The van der Waals surface area contributed by atoms with Gasteiger partial charge < -0.3 is 0 Å². The first-order valence-electron chi connectivity index (χ1n) is 5.40. The van der Waals surface area contributed by atoms with Gasteiger partial charge in [-0.05, 0) is 39.3 Å². The van der Waals surface area contributed by atoms with E-state index in [1.807, 2.05) is 0 Å². The van der Waals surface area contributed by atoms with Gasteiger partial charge in [-0.3, -0.25) is 9.89 Å². The maximum Gasteiger partial charge on any atom is 0.106 e. The fourth-order valence-corrected chi connectivity index (χ4v) is 2.63.